The van der Waals surface area contributed by atoms with Crippen LogP contribution in [0.3, 0.4) is 0 Å². The first kappa shape index (κ1) is 17.0. The Kier molecular flexibility index (Phi) is 5.36. The normalized spacial score (nSPS) is 15.9. The Morgan fingerprint density at radius 3 is 2.17 bits per heavy atom. The number of carbonyl (C=O) groups is 2. The largest absolute Gasteiger partial charge is 0.355 e. The lowest BCUT2D eigenvalue weighted by Crippen LogP contribution is -2.46. The zero-order chi connectivity index (χ0) is 17.0. The van der Waals surface area contributed by atoms with Crippen LogP contribution in [0.25, 0.3) is 0 Å². The van der Waals surface area contributed by atoms with Gasteiger partial charge in [0.2, 0.25) is 0 Å². The molecule has 0 aromatic heterocycles. The summed E-state index contributed by atoms with van der Waals surface area (Å²) in [7, 11) is 1.70. The van der Waals surface area contributed by atoms with Gasteiger partial charge in [0.05, 0.1) is 11.1 Å². The Morgan fingerprint density at radius 2 is 1.70 bits per heavy atom. The molecule has 124 valence electrons. The van der Waals surface area contributed by atoms with Gasteiger partial charge in [-0.2, -0.15) is 0 Å². The maximum Gasteiger partial charge on any atom is 0.261 e. The second-order valence-corrected chi connectivity index (χ2v) is 5.98. The molecule has 2 amide bonds. The van der Waals surface area contributed by atoms with E-state index in [0.717, 1.165) is 0 Å². The summed E-state index contributed by atoms with van der Waals surface area (Å²) >= 11 is 0. The third kappa shape index (κ3) is 3.70. The second kappa shape index (κ2) is 7.26. The molecule has 6 heteroatoms. The molecule has 0 aliphatic carbocycles. The maximum absolute atomic E-state index is 12.3. The standard InChI is InChI=1S/C17H24N4O2/c1-11(2)12(3)20-17(18-4)19-9-10-21-15(22)13-7-5-6-8-14(13)16(21)23/h5-8,11-12H,9-10H2,1-4H3,(H2,18,19,20). The Labute approximate surface area is 137 Å². The maximum atomic E-state index is 12.3. The van der Waals surface area contributed by atoms with E-state index in [1.165, 1.54) is 4.90 Å². The van der Waals surface area contributed by atoms with Gasteiger partial charge in [0.1, 0.15) is 0 Å². The molecule has 1 aliphatic rings. The van der Waals surface area contributed by atoms with Gasteiger partial charge in [-0.1, -0.05) is 26.0 Å². The molecule has 1 aliphatic heterocycles. The van der Waals surface area contributed by atoms with Crippen LogP contribution in [-0.2, 0) is 0 Å². The van der Waals surface area contributed by atoms with Crippen LogP contribution in [0.1, 0.15) is 41.5 Å². The molecule has 1 heterocycles. The Bertz CT molecular complexity index is 590. The van der Waals surface area contributed by atoms with Crippen LogP contribution in [0.15, 0.2) is 29.3 Å². The van der Waals surface area contributed by atoms with E-state index in [4.69, 9.17) is 0 Å². The van der Waals surface area contributed by atoms with Crippen molar-refractivity contribution >= 4 is 17.8 Å². The summed E-state index contributed by atoms with van der Waals surface area (Å²) in [5.74, 6) is 0.685. The van der Waals surface area contributed by atoms with Gasteiger partial charge in [0.25, 0.3) is 11.8 Å². The zero-order valence-corrected chi connectivity index (χ0v) is 14.1. The molecule has 0 fully saturated rings. The number of rotatable bonds is 5. The monoisotopic (exact) mass is 316 g/mol. The minimum atomic E-state index is -0.231. The number of carbonyl (C=O) groups excluding carboxylic acids is 2. The zero-order valence-electron chi connectivity index (χ0n) is 14.1. The molecule has 0 saturated heterocycles. The number of nitrogens with zero attached hydrogens (tertiary/aromatic N) is 2. The molecule has 2 rings (SSSR count). The topological polar surface area (TPSA) is 73.8 Å². The molecule has 2 N–H and O–H groups in total. The molecule has 6 nitrogen and oxygen atoms in total. The van der Waals surface area contributed by atoms with Crippen molar-refractivity contribution in [3.63, 3.8) is 0 Å². The molecule has 0 radical (unpaired) electrons. The molecular formula is C17H24N4O2. The molecule has 1 aromatic rings. The van der Waals surface area contributed by atoms with E-state index in [-0.39, 0.29) is 17.9 Å². The van der Waals surface area contributed by atoms with Crippen molar-refractivity contribution in [2.45, 2.75) is 26.8 Å². The van der Waals surface area contributed by atoms with Crippen molar-refractivity contribution in [1.82, 2.24) is 15.5 Å². The number of amides is 2. The third-order valence-electron chi connectivity index (χ3n) is 4.09. The summed E-state index contributed by atoms with van der Waals surface area (Å²) in [4.78, 5) is 29.9. The SMILES string of the molecule is CN=C(NCCN1C(=O)c2ccccc2C1=O)NC(C)C(C)C. The predicted octanol–water partition coefficient (Wildman–Crippen LogP) is 1.49. The molecular weight excluding hydrogens is 292 g/mol. The third-order valence-corrected chi connectivity index (χ3v) is 4.09. The van der Waals surface area contributed by atoms with Crippen molar-refractivity contribution in [2.24, 2.45) is 10.9 Å². The van der Waals surface area contributed by atoms with E-state index in [9.17, 15) is 9.59 Å². The van der Waals surface area contributed by atoms with E-state index in [0.29, 0.717) is 36.1 Å². The van der Waals surface area contributed by atoms with Crippen LogP contribution >= 0.6 is 0 Å². The minimum absolute atomic E-state index is 0.231. The molecule has 1 unspecified atom stereocenters. The number of aliphatic imine (C=N–C) groups is 1. The van der Waals surface area contributed by atoms with Crippen molar-refractivity contribution in [3.8, 4) is 0 Å². The molecule has 1 aromatic carbocycles. The van der Waals surface area contributed by atoms with Crippen molar-refractivity contribution < 1.29 is 9.59 Å². The molecule has 23 heavy (non-hydrogen) atoms. The summed E-state index contributed by atoms with van der Waals surface area (Å²) in [5, 5.41) is 6.42. The van der Waals surface area contributed by atoms with Gasteiger partial charge in [0.15, 0.2) is 5.96 Å². The first-order chi connectivity index (χ1) is 11.0. The fourth-order valence-electron chi connectivity index (χ4n) is 2.31. The highest BCUT2D eigenvalue weighted by atomic mass is 16.2. The number of nitrogens with one attached hydrogen (secondary N) is 2. The van der Waals surface area contributed by atoms with Gasteiger partial charge in [-0.05, 0) is 25.0 Å². The highest BCUT2D eigenvalue weighted by Gasteiger charge is 2.34. The molecule has 1 atom stereocenters. The fraction of sp³-hybridized carbons (Fsp3) is 0.471. The average Bonchev–Trinajstić information content (AvgIpc) is 2.78. The van der Waals surface area contributed by atoms with E-state index < -0.39 is 0 Å². The first-order valence-corrected chi connectivity index (χ1v) is 7.88. The predicted molar refractivity (Wildman–Crippen MR) is 90.6 cm³/mol. The lowest BCUT2D eigenvalue weighted by Gasteiger charge is -2.21. The quantitative estimate of drug-likeness (QED) is 0.490. The average molecular weight is 316 g/mol. The van der Waals surface area contributed by atoms with Gasteiger partial charge < -0.3 is 10.6 Å². The lowest BCUT2D eigenvalue weighted by molar-refractivity contribution is 0.0657. The summed E-state index contributed by atoms with van der Waals surface area (Å²) < 4.78 is 0. The summed E-state index contributed by atoms with van der Waals surface area (Å²) in [6.45, 7) is 7.11. The van der Waals surface area contributed by atoms with E-state index in [2.05, 4.69) is 36.4 Å². The fourth-order valence-corrected chi connectivity index (χ4v) is 2.31. The Hall–Kier alpha value is -2.37. The highest BCUT2D eigenvalue weighted by Crippen LogP contribution is 2.21. The van der Waals surface area contributed by atoms with Crippen LogP contribution < -0.4 is 10.6 Å². The highest BCUT2D eigenvalue weighted by molar-refractivity contribution is 6.21. The lowest BCUT2D eigenvalue weighted by atomic mass is 10.1. The minimum Gasteiger partial charge on any atom is -0.355 e. The Morgan fingerprint density at radius 1 is 1.13 bits per heavy atom. The number of guanidine groups is 1. The molecule has 0 saturated carbocycles. The smallest absolute Gasteiger partial charge is 0.261 e. The van der Waals surface area contributed by atoms with Crippen molar-refractivity contribution in [1.29, 1.82) is 0 Å². The molecule has 0 bridgehead atoms. The van der Waals surface area contributed by atoms with Crippen LogP contribution in [-0.4, -0.2) is 48.9 Å². The number of imide groups is 1. The number of benzene rings is 1. The summed E-state index contributed by atoms with van der Waals surface area (Å²) in [5.41, 5.74) is 0.960. The van der Waals surface area contributed by atoms with Gasteiger partial charge in [0, 0.05) is 26.2 Å². The number of fused-ring (bicyclic) bond motifs is 1. The van der Waals surface area contributed by atoms with E-state index in [1.807, 2.05) is 0 Å². The van der Waals surface area contributed by atoms with E-state index >= 15 is 0 Å². The summed E-state index contributed by atoms with van der Waals surface area (Å²) in [6, 6.07) is 7.19. The van der Waals surface area contributed by atoms with Crippen LogP contribution in [0.2, 0.25) is 0 Å². The first-order valence-electron chi connectivity index (χ1n) is 7.88. The van der Waals surface area contributed by atoms with E-state index in [1.54, 1.807) is 31.3 Å². The van der Waals surface area contributed by atoms with Gasteiger partial charge in [-0.3, -0.25) is 19.5 Å². The number of hydrogen-bond donors (Lipinski definition) is 2. The van der Waals surface area contributed by atoms with Crippen LogP contribution in [0.4, 0.5) is 0 Å². The second-order valence-electron chi connectivity index (χ2n) is 5.98. The van der Waals surface area contributed by atoms with Gasteiger partial charge in [-0.15, -0.1) is 0 Å². The van der Waals surface area contributed by atoms with Gasteiger partial charge in [-0.25, -0.2) is 0 Å². The van der Waals surface area contributed by atoms with Crippen LogP contribution in [0.5, 0.6) is 0 Å². The van der Waals surface area contributed by atoms with Crippen LogP contribution in [0, 0.1) is 5.92 Å². The van der Waals surface area contributed by atoms with Gasteiger partial charge >= 0.3 is 0 Å². The Balaban J connectivity index is 1.90. The molecule has 0 spiro atoms. The van der Waals surface area contributed by atoms with Crippen molar-refractivity contribution in [3.05, 3.63) is 35.4 Å². The summed E-state index contributed by atoms with van der Waals surface area (Å²) in [6.07, 6.45) is 0. The van der Waals surface area contributed by atoms with Crippen molar-refractivity contribution in [2.75, 3.05) is 20.1 Å². The number of hydrogen-bond acceptors (Lipinski definition) is 3.